The summed E-state index contributed by atoms with van der Waals surface area (Å²) >= 11 is 10.5. The molecule has 1 heterocycles. The Labute approximate surface area is 107 Å². The highest BCUT2D eigenvalue weighted by atomic mass is 79.9. The lowest BCUT2D eigenvalue weighted by Gasteiger charge is -2.06. The largest absolute Gasteiger partial charge is 0.248 e. The molecule has 0 radical (unpaired) electrons. The summed E-state index contributed by atoms with van der Waals surface area (Å²) in [6.45, 7) is 2.07. The van der Waals surface area contributed by atoms with Gasteiger partial charge in [-0.05, 0) is 56.5 Å². The molecule has 0 unspecified atom stereocenters. The monoisotopic (exact) mass is 377 g/mol. The van der Waals surface area contributed by atoms with Crippen molar-refractivity contribution in [2.75, 3.05) is 0 Å². The molecule has 0 amide bonds. The third kappa shape index (κ3) is 1.75. The van der Waals surface area contributed by atoms with E-state index >= 15 is 0 Å². The summed E-state index contributed by atoms with van der Waals surface area (Å²) in [5.74, 6) is 0. The molecule has 0 aliphatic rings. The average molecular weight is 380 g/mol. The highest BCUT2D eigenvalue weighted by Gasteiger charge is 2.07. The van der Waals surface area contributed by atoms with E-state index in [0.29, 0.717) is 0 Å². The fourth-order valence-electron chi connectivity index (χ4n) is 1.40. The van der Waals surface area contributed by atoms with E-state index in [1.807, 2.05) is 0 Å². The zero-order chi connectivity index (χ0) is 10.3. The number of pyridine rings is 1. The zero-order valence-corrected chi connectivity index (χ0v) is 12.1. The number of hydrogen-bond donors (Lipinski definition) is 0. The van der Waals surface area contributed by atoms with Crippen LogP contribution in [0.2, 0.25) is 0 Å². The second-order valence-electron chi connectivity index (χ2n) is 3.07. The van der Waals surface area contributed by atoms with Gasteiger partial charge in [0, 0.05) is 25.9 Å². The van der Waals surface area contributed by atoms with Crippen LogP contribution in [-0.4, -0.2) is 4.98 Å². The van der Waals surface area contributed by atoms with E-state index in [9.17, 15) is 0 Å². The molecule has 0 bridgehead atoms. The quantitative estimate of drug-likeness (QED) is 0.597. The van der Waals surface area contributed by atoms with Crippen molar-refractivity contribution in [3.05, 3.63) is 37.4 Å². The minimum absolute atomic E-state index is 0.875. The summed E-state index contributed by atoms with van der Waals surface area (Å²) in [7, 11) is 0. The van der Waals surface area contributed by atoms with Crippen LogP contribution in [0, 0.1) is 6.92 Å². The summed E-state index contributed by atoms with van der Waals surface area (Å²) < 4.78 is 2.96. The summed E-state index contributed by atoms with van der Waals surface area (Å²) in [5.41, 5.74) is 1.21. The van der Waals surface area contributed by atoms with E-state index in [4.69, 9.17) is 0 Å². The molecule has 2 rings (SSSR count). The molecule has 1 aromatic carbocycles. The van der Waals surface area contributed by atoms with Gasteiger partial charge in [0.05, 0.1) is 0 Å². The van der Waals surface area contributed by atoms with Gasteiger partial charge in [0.15, 0.2) is 0 Å². The van der Waals surface area contributed by atoms with E-state index in [-0.39, 0.29) is 0 Å². The normalized spacial score (nSPS) is 10.9. The maximum absolute atomic E-state index is 4.24. The van der Waals surface area contributed by atoms with Crippen LogP contribution in [0.4, 0.5) is 0 Å². The van der Waals surface area contributed by atoms with Gasteiger partial charge in [-0.3, -0.25) is 0 Å². The highest BCUT2D eigenvalue weighted by Crippen LogP contribution is 2.34. The predicted molar refractivity (Wildman–Crippen MR) is 69.6 cm³/mol. The molecule has 14 heavy (non-hydrogen) atoms. The Hall–Kier alpha value is 0.0700. The number of aryl methyl sites for hydroxylation is 1. The van der Waals surface area contributed by atoms with Gasteiger partial charge in [-0.15, -0.1) is 0 Å². The van der Waals surface area contributed by atoms with Crippen LogP contribution >= 0.6 is 47.8 Å². The van der Waals surface area contributed by atoms with Gasteiger partial charge in [-0.2, -0.15) is 0 Å². The first-order valence-corrected chi connectivity index (χ1v) is 6.37. The Morgan fingerprint density at radius 1 is 1.07 bits per heavy atom. The maximum Gasteiger partial charge on any atom is 0.114 e. The van der Waals surface area contributed by atoms with E-state index in [2.05, 4.69) is 71.8 Å². The van der Waals surface area contributed by atoms with Crippen molar-refractivity contribution in [1.29, 1.82) is 0 Å². The lowest BCUT2D eigenvalue weighted by atomic mass is 10.1. The van der Waals surface area contributed by atoms with Crippen molar-refractivity contribution in [1.82, 2.24) is 4.98 Å². The first-order chi connectivity index (χ1) is 6.59. The van der Waals surface area contributed by atoms with Crippen LogP contribution in [0.25, 0.3) is 10.8 Å². The Morgan fingerprint density at radius 2 is 1.79 bits per heavy atom. The smallest absolute Gasteiger partial charge is 0.114 e. The molecule has 0 aliphatic carbocycles. The van der Waals surface area contributed by atoms with Gasteiger partial charge >= 0.3 is 0 Å². The number of aromatic nitrogens is 1. The fourth-order valence-corrected chi connectivity index (χ4v) is 3.39. The average Bonchev–Trinajstić information content (AvgIpc) is 2.10. The molecule has 0 atom stereocenters. The molecule has 0 fully saturated rings. The van der Waals surface area contributed by atoms with Gasteiger partial charge in [-0.1, -0.05) is 15.9 Å². The minimum atomic E-state index is 0.875. The van der Waals surface area contributed by atoms with E-state index in [1.54, 1.807) is 6.20 Å². The first-order valence-electron chi connectivity index (χ1n) is 3.99. The molecule has 1 aromatic heterocycles. The number of nitrogens with zero attached hydrogens (tertiary/aromatic N) is 1. The molecular formula is C10H6Br3N. The van der Waals surface area contributed by atoms with Gasteiger partial charge in [0.25, 0.3) is 0 Å². The minimum Gasteiger partial charge on any atom is -0.248 e. The molecular weight excluding hydrogens is 374 g/mol. The molecule has 0 saturated heterocycles. The van der Waals surface area contributed by atoms with Crippen molar-refractivity contribution < 1.29 is 0 Å². The van der Waals surface area contributed by atoms with Crippen molar-refractivity contribution in [3.63, 3.8) is 0 Å². The van der Waals surface area contributed by atoms with Gasteiger partial charge in [-0.25, -0.2) is 4.98 Å². The third-order valence-electron chi connectivity index (χ3n) is 1.99. The lowest BCUT2D eigenvalue weighted by Crippen LogP contribution is -1.84. The van der Waals surface area contributed by atoms with Crippen molar-refractivity contribution in [2.24, 2.45) is 0 Å². The third-order valence-corrected chi connectivity index (χ3v) is 3.85. The Bertz CT molecular complexity index is 508. The topological polar surface area (TPSA) is 12.9 Å². The first kappa shape index (κ1) is 10.6. The molecule has 0 saturated carbocycles. The molecule has 72 valence electrons. The molecule has 0 aliphatic heterocycles. The van der Waals surface area contributed by atoms with Crippen molar-refractivity contribution in [3.8, 4) is 0 Å². The highest BCUT2D eigenvalue weighted by molar-refractivity contribution is 9.11. The number of fused-ring (bicyclic) bond motifs is 1. The molecule has 0 spiro atoms. The number of hydrogen-bond acceptors (Lipinski definition) is 1. The summed E-state index contributed by atoms with van der Waals surface area (Å²) in [6.07, 6.45) is 1.80. The molecule has 4 heteroatoms. The van der Waals surface area contributed by atoms with Crippen molar-refractivity contribution in [2.45, 2.75) is 6.92 Å². The predicted octanol–water partition coefficient (Wildman–Crippen LogP) is 4.83. The number of rotatable bonds is 0. The SMILES string of the molecule is Cc1cc(Br)c2c(Br)cnc(Br)c2c1. The van der Waals surface area contributed by atoms with Crippen molar-refractivity contribution >= 4 is 58.6 Å². The molecule has 2 aromatic rings. The van der Waals surface area contributed by atoms with Crippen LogP contribution in [0.5, 0.6) is 0 Å². The zero-order valence-electron chi connectivity index (χ0n) is 7.31. The van der Waals surface area contributed by atoms with Crippen LogP contribution < -0.4 is 0 Å². The van der Waals surface area contributed by atoms with E-state index < -0.39 is 0 Å². The second-order valence-corrected chi connectivity index (χ2v) is 5.53. The van der Waals surface area contributed by atoms with Gasteiger partial charge in [0.2, 0.25) is 0 Å². The van der Waals surface area contributed by atoms with Gasteiger partial charge in [0.1, 0.15) is 4.60 Å². The van der Waals surface area contributed by atoms with Crippen LogP contribution in [0.3, 0.4) is 0 Å². The van der Waals surface area contributed by atoms with Crippen LogP contribution in [0.1, 0.15) is 5.56 Å². The van der Waals surface area contributed by atoms with Gasteiger partial charge < -0.3 is 0 Å². The Morgan fingerprint density at radius 3 is 2.50 bits per heavy atom. The summed E-state index contributed by atoms with van der Waals surface area (Å²) in [6, 6.07) is 4.21. The molecule has 1 nitrogen and oxygen atoms in total. The molecule has 0 N–H and O–H groups in total. The Kier molecular flexibility index (Phi) is 2.96. The second kappa shape index (κ2) is 3.91. The van der Waals surface area contributed by atoms with E-state index in [0.717, 1.165) is 24.3 Å². The number of benzene rings is 1. The lowest BCUT2D eigenvalue weighted by molar-refractivity contribution is 1.29. The Balaban J connectivity index is 3.00. The standard InChI is InChI=1S/C10H6Br3N/c1-5-2-6-9(7(11)3-5)8(12)4-14-10(6)13/h2-4H,1H3. The fraction of sp³-hybridized carbons (Fsp3) is 0.100. The van der Waals surface area contributed by atoms with E-state index in [1.165, 1.54) is 5.56 Å². The maximum atomic E-state index is 4.24. The van der Waals surface area contributed by atoms with Crippen LogP contribution in [0.15, 0.2) is 31.9 Å². The number of halogens is 3. The summed E-state index contributed by atoms with van der Waals surface area (Å²) in [5, 5.41) is 2.27. The van der Waals surface area contributed by atoms with Crippen LogP contribution in [-0.2, 0) is 0 Å². The summed E-state index contributed by atoms with van der Waals surface area (Å²) in [4.78, 5) is 4.24.